The first kappa shape index (κ1) is 47.1. The zero-order valence-electron chi connectivity index (χ0n) is 36.1. The summed E-state index contributed by atoms with van der Waals surface area (Å²) in [5.41, 5.74) is 1.35. The molecule has 62 heavy (non-hydrogen) atoms. The van der Waals surface area contributed by atoms with Crippen LogP contribution in [0.2, 0.25) is 0 Å². The van der Waals surface area contributed by atoms with Crippen molar-refractivity contribution in [2.45, 2.75) is 122 Å². The van der Waals surface area contributed by atoms with Crippen LogP contribution in [-0.4, -0.2) is 125 Å². The number of phenolic OH excluding ortho intramolecular Hbond substituents is 1. The minimum absolute atomic E-state index is 0.00450. The summed E-state index contributed by atoms with van der Waals surface area (Å²) in [6.07, 6.45) is 2.90. The van der Waals surface area contributed by atoms with Crippen molar-refractivity contribution in [3.8, 4) is 5.75 Å². The molecule has 0 aliphatic carbocycles. The van der Waals surface area contributed by atoms with E-state index in [2.05, 4.69) is 31.9 Å². The van der Waals surface area contributed by atoms with Crippen LogP contribution in [0.5, 0.6) is 5.75 Å². The van der Waals surface area contributed by atoms with Gasteiger partial charge in [-0.05, 0) is 67.2 Å². The van der Waals surface area contributed by atoms with Gasteiger partial charge >= 0.3 is 0 Å². The highest BCUT2D eigenvalue weighted by Crippen LogP contribution is 2.26. The first-order chi connectivity index (χ1) is 29.7. The Labute approximate surface area is 362 Å². The molecule has 2 aromatic carbocycles. The van der Waals surface area contributed by atoms with E-state index in [0.717, 1.165) is 5.56 Å². The minimum atomic E-state index is -1.22. The number of carbonyl (C=O) groups excluding carboxylic acids is 8. The fourth-order valence-electron chi connectivity index (χ4n) is 8.19. The highest BCUT2D eigenvalue weighted by Gasteiger charge is 2.43. The molecule has 3 aliphatic rings. The maximum absolute atomic E-state index is 14.1. The molecule has 3 aliphatic heterocycles. The van der Waals surface area contributed by atoms with Crippen LogP contribution in [-0.2, 0) is 51.2 Å². The topological polar surface area (TPSA) is 235 Å². The summed E-state index contributed by atoms with van der Waals surface area (Å²) < 4.78 is 0. The normalized spacial score (nSPS) is 26.1. The Morgan fingerprint density at radius 1 is 0.629 bits per heavy atom. The SMILES string of the molecule is CC[C@H](C)[C@@H]1NC(=O)[C@@H]2CCCN2C(=O)[C@@H]2CCCN2C(=O)CCCNC(=O)[C@H](Cc2ccccc2)NC(=O)[C@H](Cc2ccc(O)cc2)NC(=O)CNC(=O)[C@H](C(C)C)NC1=O. The van der Waals surface area contributed by atoms with Gasteiger partial charge in [0.25, 0.3) is 0 Å². The number of aromatic hydroxyl groups is 1. The Balaban J connectivity index is 1.43. The summed E-state index contributed by atoms with van der Waals surface area (Å²) in [7, 11) is 0. The number of amides is 8. The fourth-order valence-corrected chi connectivity index (χ4v) is 8.19. The lowest BCUT2D eigenvalue weighted by Crippen LogP contribution is -2.60. The summed E-state index contributed by atoms with van der Waals surface area (Å²) in [5, 5.41) is 26.4. The molecule has 7 atom stereocenters. The summed E-state index contributed by atoms with van der Waals surface area (Å²) in [5.74, 6) is -5.04. The largest absolute Gasteiger partial charge is 0.508 e. The molecule has 17 heteroatoms. The van der Waals surface area contributed by atoms with Crippen molar-refractivity contribution in [2.75, 3.05) is 26.2 Å². The zero-order valence-corrected chi connectivity index (χ0v) is 36.1. The van der Waals surface area contributed by atoms with Gasteiger partial charge in [0.15, 0.2) is 0 Å². The number of nitrogens with one attached hydrogen (secondary N) is 6. The van der Waals surface area contributed by atoms with Crippen LogP contribution in [0.3, 0.4) is 0 Å². The lowest BCUT2D eigenvalue weighted by molar-refractivity contribution is -0.147. The molecule has 8 amide bonds. The van der Waals surface area contributed by atoms with E-state index in [-0.39, 0.29) is 55.7 Å². The molecular formula is C45H62N8O9. The van der Waals surface area contributed by atoms with E-state index in [1.54, 1.807) is 49.9 Å². The van der Waals surface area contributed by atoms with Gasteiger partial charge in [-0.25, -0.2) is 0 Å². The molecule has 0 spiro atoms. The Bertz CT molecular complexity index is 1930. The standard InChI is InChI=1S/C45H62N8O9/c1-5-28(4)39-44(61)50-38(27(2)3)43(60)47-26-36(55)48-33(25-30-17-19-31(54)20-18-30)41(58)49-32(24-29-12-7-6-8-13-29)40(57)46-21-9-16-37(56)52-22-11-15-35(52)45(62)53-23-10-14-34(53)42(59)51-39/h6-8,12-13,17-20,27-28,32-35,38-39,54H,5,9-11,14-16,21-26H2,1-4H3,(H,46,57)(H,47,60)(H,48,55)(H,49,58)(H,50,61)(H,51,59)/t28-,32-,33-,34-,35-,38-,39-/m0/s1. The van der Waals surface area contributed by atoms with Crippen molar-refractivity contribution in [3.63, 3.8) is 0 Å². The molecule has 7 N–H and O–H groups in total. The molecule has 0 bridgehead atoms. The smallest absolute Gasteiger partial charge is 0.246 e. The predicted octanol–water partition coefficient (Wildman–Crippen LogP) is 0.827. The maximum atomic E-state index is 14.1. The first-order valence-electron chi connectivity index (χ1n) is 21.8. The van der Waals surface area contributed by atoms with Crippen LogP contribution in [0.15, 0.2) is 54.6 Å². The van der Waals surface area contributed by atoms with E-state index in [9.17, 15) is 43.5 Å². The van der Waals surface area contributed by atoms with Crippen LogP contribution in [0.4, 0.5) is 0 Å². The number of hydrogen-bond acceptors (Lipinski definition) is 9. The highest BCUT2D eigenvalue weighted by atomic mass is 16.3. The molecule has 0 unspecified atom stereocenters. The van der Waals surface area contributed by atoms with Gasteiger partial charge < -0.3 is 46.8 Å². The van der Waals surface area contributed by atoms with Crippen LogP contribution >= 0.6 is 0 Å². The number of rotatable bonds is 7. The summed E-state index contributed by atoms with van der Waals surface area (Å²) in [4.78, 5) is 113. The van der Waals surface area contributed by atoms with Crippen molar-refractivity contribution in [1.29, 1.82) is 0 Å². The summed E-state index contributed by atoms with van der Waals surface area (Å²) >= 11 is 0. The Hall–Kier alpha value is -6.00. The van der Waals surface area contributed by atoms with E-state index in [1.165, 1.54) is 17.0 Å². The lowest BCUT2D eigenvalue weighted by Gasteiger charge is -2.33. The number of carbonyl (C=O) groups is 8. The van der Waals surface area contributed by atoms with E-state index >= 15 is 0 Å². The third-order valence-electron chi connectivity index (χ3n) is 12.0. The number of benzene rings is 2. The van der Waals surface area contributed by atoms with Crippen molar-refractivity contribution in [3.05, 3.63) is 65.7 Å². The summed E-state index contributed by atoms with van der Waals surface area (Å²) in [6, 6.07) is 9.08. The molecule has 336 valence electrons. The molecule has 0 aromatic heterocycles. The molecule has 17 nitrogen and oxygen atoms in total. The second kappa shape index (κ2) is 22.2. The molecule has 2 aromatic rings. The lowest BCUT2D eigenvalue weighted by atomic mass is 9.96. The molecule has 0 saturated carbocycles. The van der Waals surface area contributed by atoms with Crippen molar-refractivity contribution >= 4 is 47.3 Å². The fraction of sp³-hybridized carbons (Fsp3) is 0.556. The van der Waals surface area contributed by atoms with Crippen molar-refractivity contribution in [1.82, 2.24) is 41.7 Å². The molecule has 3 fully saturated rings. The average Bonchev–Trinajstić information content (AvgIpc) is 3.96. The molecule has 3 saturated heterocycles. The maximum Gasteiger partial charge on any atom is 0.246 e. The third kappa shape index (κ3) is 12.5. The Kier molecular flexibility index (Phi) is 16.8. The van der Waals surface area contributed by atoms with Crippen LogP contribution in [0.25, 0.3) is 0 Å². The van der Waals surface area contributed by atoms with Gasteiger partial charge in [-0.2, -0.15) is 0 Å². The minimum Gasteiger partial charge on any atom is -0.508 e. The van der Waals surface area contributed by atoms with Gasteiger partial charge in [-0.3, -0.25) is 38.4 Å². The second-order valence-corrected chi connectivity index (χ2v) is 16.9. The quantitative estimate of drug-likeness (QED) is 0.209. The number of nitrogens with zero attached hydrogens (tertiary/aromatic N) is 2. The van der Waals surface area contributed by atoms with Gasteiger partial charge in [-0.15, -0.1) is 0 Å². The van der Waals surface area contributed by atoms with E-state index in [4.69, 9.17) is 0 Å². The van der Waals surface area contributed by atoms with E-state index in [1.807, 2.05) is 25.1 Å². The van der Waals surface area contributed by atoms with Gasteiger partial charge in [-0.1, -0.05) is 76.6 Å². The van der Waals surface area contributed by atoms with E-state index < -0.39 is 84.2 Å². The van der Waals surface area contributed by atoms with Gasteiger partial charge in [0.1, 0.15) is 42.0 Å². The van der Waals surface area contributed by atoms with Crippen molar-refractivity contribution in [2.24, 2.45) is 11.8 Å². The number of phenols is 1. The second-order valence-electron chi connectivity index (χ2n) is 16.9. The average molecular weight is 859 g/mol. The highest BCUT2D eigenvalue weighted by molar-refractivity contribution is 5.97. The predicted molar refractivity (Wildman–Crippen MR) is 229 cm³/mol. The third-order valence-corrected chi connectivity index (χ3v) is 12.0. The Morgan fingerprint density at radius 2 is 1.24 bits per heavy atom. The van der Waals surface area contributed by atoms with Gasteiger partial charge in [0, 0.05) is 38.9 Å². The van der Waals surface area contributed by atoms with Crippen LogP contribution in [0.1, 0.15) is 83.8 Å². The van der Waals surface area contributed by atoms with Crippen LogP contribution in [0, 0.1) is 11.8 Å². The first-order valence-corrected chi connectivity index (χ1v) is 21.8. The summed E-state index contributed by atoms with van der Waals surface area (Å²) in [6.45, 7) is 7.36. The van der Waals surface area contributed by atoms with Crippen molar-refractivity contribution < 1.29 is 43.5 Å². The number of fused-ring (bicyclic) bond motifs is 2. The molecule has 5 rings (SSSR count). The Morgan fingerprint density at radius 3 is 1.90 bits per heavy atom. The number of hydrogen-bond donors (Lipinski definition) is 7. The molecular weight excluding hydrogens is 797 g/mol. The molecule has 3 heterocycles. The van der Waals surface area contributed by atoms with Gasteiger partial charge in [0.2, 0.25) is 47.3 Å². The van der Waals surface area contributed by atoms with E-state index in [0.29, 0.717) is 50.8 Å². The van der Waals surface area contributed by atoms with Crippen LogP contribution < -0.4 is 31.9 Å². The molecule has 0 radical (unpaired) electrons. The van der Waals surface area contributed by atoms with Gasteiger partial charge in [0.05, 0.1) is 6.54 Å². The zero-order chi connectivity index (χ0) is 44.9. The monoisotopic (exact) mass is 858 g/mol.